The van der Waals surface area contributed by atoms with Gasteiger partial charge in [0, 0.05) is 31.4 Å². The molecule has 0 radical (unpaired) electrons. The lowest BCUT2D eigenvalue weighted by Crippen LogP contribution is -2.33. The van der Waals surface area contributed by atoms with Crippen molar-refractivity contribution in [1.82, 2.24) is 9.29 Å². The fraction of sp³-hybridized carbons (Fsp3) is 0.583. The number of nitrogens with zero attached hydrogens (tertiary/aromatic N) is 2. The SMILES string of the molecule is CCNc1cc(S(=O)(=O)N2CCCC2C)ccn1. The van der Waals surface area contributed by atoms with Gasteiger partial charge in [0.15, 0.2) is 0 Å². The van der Waals surface area contributed by atoms with Crippen LogP contribution in [-0.2, 0) is 10.0 Å². The monoisotopic (exact) mass is 269 g/mol. The van der Waals surface area contributed by atoms with Gasteiger partial charge in [-0.15, -0.1) is 0 Å². The Kier molecular flexibility index (Phi) is 3.87. The van der Waals surface area contributed by atoms with Crippen molar-refractivity contribution in [3.05, 3.63) is 18.3 Å². The van der Waals surface area contributed by atoms with Crippen molar-refractivity contribution in [2.75, 3.05) is 18.4 Å². The average Bonchev–Trinajstić information content (AvgIpc) is 2.77. The minimum atomic E-state index is -3.38. The molecule has 1 aliphatic heterocycles. The Labute approximate surface area is 108 Å². The van der Waals surface area contributed by atoms with E-state index in [9.17, 15) is 8.42 Å². The minimum absolute atomic E-state index is 0.0887. The molecular formula is C12H19N3O2S. The highest BCUT2D eigenvalue weighted by Crippen LogP contribution is 2.26. The van der Waals surface area contributed by atoms with Gasteiger partial charge in [-0.3, -0.25) is 0 Å². The normalized spacial score (nSPS) is 21.1. The molecule has 5 nitrogen and oxygen atoms in total. The molecule has 1 atom stereocenters. The third-order valence-electron chi connectivity index (χ3n) is 3.19. The lowest BCUT2D eigenvalue weighted by Gasteiger charge is -2.21. The highest BCUT2D eigenvalue weighted by molar-refractivity contribution is 7.89. The van der Waals surface area contributed by atoms with Crippen LogP contribution < -0.4 is 5.32 Å². The largest absolute Gasteiger partial charge is 0.370 e. The van der Waals surface area contributed by atoms with Crippen LogP contribution in [0.25, 0.3) is 0 Å². The standard InChI is InChI=1S/C12H19N3O2S/c1-3-13-12-9-11(6-7-14-12)18(16,17)15-8-4-5-10(15)2/h6-7,9-10H,3-5,8H2,1-2H3,(H,13,14). The maximum absolute atomic E-state index is 12.5. The fourth-order valence-electron chi connectivity index (χ4n) is 2.25. The first-order valence-corrected chi connectivity index (χ1v) is 7.71. The van der Waals surface area contributed by atoms with E-state index in [2.05, 4.69) is 10.3 Å². The molecule has 18 heavy (non-hydrogen) atoms. The van der Waals surface area contributed by atoms with Gasteiger partial charge in [-0.05, 0) is 32.8 Å². The van der Waals surface area contributed by atoms with Gasteiger partial charge in [-0.1, -0.05) is 0 Å². The number of rotatable bonds is 4. The highest BCUT2D eigenvalue weighted by atomic mass is 32.2. The van der Waals surface area contributed by atoms with Crippen LogP contribution in [-0.4, -0.2) is 36.8 Å². The highest BCUT2D eigenvalue weighted by Gasteiger charge is 2.32. The smallest absolute Gasteiger partial charge is 0.243 e. The lowest BCUT2D eigenvalue weighted by molar-refractivity contribution is 0.408. The summed E-state index contributed by atoms with van der Waals surface area (Å²) in [5, 5.41) is 3.03. The Balaban J connectivity index is 2.32. The van der Waals surface area contributed by atoms with E-state index in [1.54, 1.807) is 16.4 Å². The Bertz CT molecular complexity index is 516. The predicted molar refractivity (Wildman–Crippen MR) is 71.0 cm³/mol. The molecule has 1 aromatic rings. The van der Waals surface area contributed by atoms with E-state index < -0.39 is 10.0 Å². The third kappa shape index (κ3) is 2.49. The third-order valence-corrected chi connectivity index (χ3v) is 5.20. The van der Waals surface area contributed by atoms with E-state index in [-0.39, 0.29) is 6.04 Å². The van der Waals surface area contributed by atoms with E-state index in [1.165, 1.54) is 6.20 Å². The maximum atomic E-state index is 12.5. The molecule has 0 bridgehead atoms. The van der Waals surface area contributed by atoms with E-state index in [0.29, 0.717) is 17.3 Å². The summed E-state index contributed by atoms with van der Waals surface area (Å²) in [6.45, 7) is 5.24. The van der Waals surface area contributed by atoms with E-state index in [0.717, 1.165) is 19.4 Å². The van der Waals surface area contributed by atoms with Crippen LogP contribution in [0.3, 0.4) is 0 Å². The molecule has 0 aromatic carbocycles. The Morgan fingerprint density at radius 1 is 1.56 bits per heavy atom. The number of aromatic nitrogens is 1. The van der Waals surface area contributed by atoms with Crippen LogP contribution in [0.4, 0.5) is 5.82 Å². The Hall–Kier alpha value is -1.14. The van der Waals surface area contributed by atoms with Gasteiger partial charge in [-0.2, -0.15) is 4.31 Å². The molecule has 1 aromatic heterocycles. The van der Waals surface area contributed by atoms with E-state index >= 15 is 0 Å². The van der Waals surface area contributed by atoms with Crippen molar-refractivity contribution < 1.29 is 8.42 Å². The van der Waals surface area contributed by atoms with Crippen molar-refractivity contribution in [2.45, 2.75) is 37.6 Å². The van der Waals surface area contributed by atoms with Gasteiger partial charge in [0.2, 0.25) is 10.0 Å². The zero-order valence-electron chi connectivity index (χ0n) is 10.8. The Morgan fingerprint density at radius 3 is 2.94 bits per heavy atom. The van der Waals surface area contributed by atoms with Crippen LogP contribution >= 0.6 is 0 Å². The summed E-state index contributed by atoms with van der Waals surface area (Å²) in [4.78, 5) is 4.42. The predicted octanol–water partition coefficient (Wildman–Crippen LogP) is 1.69. The summed E-state index contributed by atoms with van der Waals surface area (Å²) in [6, 6.07) is 3.25. The maximum Gasteiger partial charge on any atom is 0.243 e. The van der Waals surface area contributed by atoms with Gasteiger partial charge in [0.05, 0.1) is 4.90 Å². The molecule has 6 heteroatoms. The van der Waals surface area contributed by atoms with Crippen molar-refractivity contribution in [3.8, 4) is 0 Å². The number of sulfonamides is 1. The van der Waals surface area contributed by atoms with Gasteiger partial charge in [0.25, 0.3) is 0 Å². The van der Waals surface area contributed by atoms with Gasteiger partial charge < -0.3 is 5.32 Å². The number of anilines is 1. The molecule has 1 unspecified atom stereocenters. The number of hydrogen-bond acceptors (Lipinski definition) is 4. The number of nitrogens with one attached hydrogen (secondary N) is 1. The second-order valence-electron chi connectivity index (χ2n) is 4.51. The summed E-state index contributed by atoms with van der Waals surface area (Å²) < 4.78 is 26.5. The van der Waals surface area contributed by atoms with Gasteiger partial charge >= 0.3 is 0 Å². The summed E-state index contributed by atoms with van der Waals surface area (Å²) in [5.74, 6) is 0.602. The average molecular weight is 269 g/mol. The topological polar surface area (TPSA) is 62.3 Å². The molecule has 1 N–H and O–H groups in total. The minimum Gasteiger partial charge on any atom is -0.370 e. The lowest BCUT2D eigenvalue weighted by atomic mass is 10.3. The molecule has 0 saturated carbocycles. The van der Waals surface area contributed by atoms with Gasteiger partial charge in [0.1, 0.15) is 5.82 Å². The summed E-state index contributed by atoms with van der Waals surface area (Å²) in [7, 11) is -3.38. The second kappa shape index (κ2) is 5.24. The molecule has 1 saturated heterocycles. The van der Waals surface area contributed by atoms with Crippen LogP contribution in [0.1, 0.15) is 26.7 Å². The van der Waals surface area contributed by atoms with Crippen LogP contribution in [0, 0.1) is 0 Å². The van der Waals surface area contributed by atoms with Crippen LogP contribution in [0.5, 0.6) is 0 Å². The van der Waals surface area contributed by atoms with E-state index in [1.807, 2.05) is 13.8 Å². The van der Waals surface area contributed by atoms with Crippen molar-refractivity contribution >= 4 is 15.8 Å². The molecule has 1 aliphatic rings. The molecule has 0 spiro atoms. The van der Waals surface area contributed by atoms with Crippen molar-refractivity contribution in [1.29, 1.82) is 0 Å². The molecule has 100 valence electrons. The fourth-order valence-corrected chi connectivity index (χ4v) is 3.96. The first-order chi connectivity index (χ1) is 8.55. The van der Waals surface area contributed by atoms with Crippen LogP contribution in [0.2, 0.25) is 0 Å². The van der Waals surface area contributed by atoms with Crippen LogP contribution in [0.15, 0.2) is 23.2 Å². The molecule has 0 aliphatic carbocycles. The molecule has 0 amide bonds. The van der Waals surface area contributed by atoms with Crippen molar-refractivity contribution in [2.24, 2.45) is 0 Å². The first-order valence-electron chi connectivity index (χ1n) is 6.27. The molecule has 1 fully saturated rings. The summed E-state index contributed by atoms with van der Waals surface area (Å²) in [6.07, 6.45) is 3.40. The Morgan fingerprint density at radius 2 is 2.33 bits per heavy atom. The molecule has 2 heterocycles. The quantitative estimate of drug-likeness (QED) is 0.903. The van der Waals surface area contributed by atoms with Crippen molar-refractivity contribution in [3.63, 3.8) is 0 Å². The molecule has 2 rings (SSSR count). The number of pyridine rings is 1. The zero-order valence-corrected chi connectivity index (χ0v) is 11.6. The summed E-state index contributed by atoms with van der Waals surface area (Å²) >= 11 is 0. The number of hydrogen-bond donors (Lipinski definition) is 1. The van der Waals surface area contributed by atoms with Gasteiger partial charge in [-0.25, -0.2) is 13.4 Å². The first kappa shape index (κ1) is 13.3. The van der Waals surface area contributed by atoms with E-state index in [4.69, 9.17) is 0 Å². The second-order valence-corrected chi connectivity index (χ2v) is 6.40. The zero-order chi connectivity index (χ0) is 13.2. The molecular weight excluding hydrogens is 250 g/mol. The summed E-state index contributed by atoms with van der Waals surface area (Å²) in [5.41, 5.74) is 0.